The van der Waals surface area contributed by atoms with Gasteiger partial charge in [0.15, 0.2) is 15.7 Å². The van der Waals surface area contributed by atoms with Gasteiger partial charge in [-0.05, 0) is 30.9 Å². The minimum Gasteiger partial charge on any atom is -0.494 e. The lowest BCUT2D eigenvalue weighted by molar-refractivity contribution is 0.434. The molecular formula is C13H16N2O3S. The average Bonchev–Trinajstić information content (AvgIpc) is 2.72. The summed E-state index contributed by atoms with van der Waals surface area (Å²) in [5.74, 6) is 1.51. The van der Waals surface area contributed by atoms with E-state index in [1.54, 1.807) is 22.7 Å². The summed E-state index contributed by atoms with van der Waals surface area (Å²) in [6.45, 7) is 0. The minimum atomic E-state index is -2.90. The van der Waals surface area contributed by atoms with Crippen LogP contribution in [0.4, 0.5) is 0 Å². The van der Waals surface area contributed by atoms with Gasteiger partial charge >= 0.3 is 0 Å². The van der Waals surface area contributed by atoms with Crippen LogP contribution in [0.5, 0.6) is 5.88 Å². The monoisotopic (exact) mass is 280 g/mol. The molecule has 0 aromatic carbocycles. The topological polar surface area (TPSA) is 71.7 Å². The number of hydrogen-bond donors (Lipinski definition) is 1. The lowest BCUT2D eigenvalue weighted by Crippen LogP contribution is -2.27. The number of nitrogens with zero attached hydrogens (tertiary/aromatic N) is 2. The summed E-state index contributed by atoms with van der Waals surface area (Å²) in [4.78, 5) is 4.31. The van der Waals surface area contributed by atoms with Gasteiger partial charge in [0, 0.05) is 6.42 Å². The first-order chi connectivity index (χ1) is 9.05. The summed E-state index contributed by atoms with van der Waals surface area (Å²) in [7, 11) is -2.90. The molecule has 0 spiro atoms. The van der Waals surface area contributed by atoms with Gasteiger partial charge in [0.2, 0.25) is 0 Å². The fourth-order valence-electron chi connectivity index (χ4n) is 2.78. The zero-order valence-corrected chi connectivity index (χ0v) is 11.3. The highest BCUT2D eigenvalue weighted by molar-refractivity contribution is 7.91. The molecule has 102 valence electrons. The van der Waals surface area contributed by atoms with Crippen molar-refractivity contribution < 1.29 is 13.5 Å². The van der Waals surface area contributed by atoms with E-state index in [4.69, 9.17) is 0 Å². The van der Waals surface area contributed by atoms with E-state index < -0.39 is 9.84 Å². The molecule has 1 saturated heterocycles. The van der Waals surface area contributed by atoms with Crippen molar-refractivity contribution in [2.45, 2.75) is 19.3 Å². The van der Waals surface area contributed by atoms with Crippen LogP contribution in [0.25, 0.3) is 5.52 Å². The minimum absolute atomic E-state index is 0.101. The Balaban J connectivity index is 1.90. The van der Waals surface area contributed by atoms with Crippen LogP contribution < -0.4 is 0 Å². The Morgan fingerprint density at radius 2 is 2.26 bits per heavy atom. The molecule has 1 unspecified atom stereocenters. The summed E-state index contributed by atoms with van der Waals surface area (Å²) in [5, 5.41) is 9.88. The number of rotatable bonds is 2. The van der Waals surface area contributed by atoms with Gasteiger partial charge in [0.05, 0.1) is 23.2 Å². The van der Waals surface area contributed by atoms with Crippen molar-refractivity contribution in [3.63, 3.8) is 0 Å². The SMILES string of the molecule is O=S1(=O)CCCC(Cc2ncc3cccc(O)n23)C1. The van der Waals surface area contributed by atoms with E-state index >= 15 is 0 Å². The van der Waals surface area contributed by atoms with Crippen molar-refractivity contribution in [3.05, 3.63) is 30.2 Å². The molecule has 0 saturated carbocycles. The van der Waals surface area contributed by atoms with Gasteiger partial charge in [0.1, 0.15) is 5.82 Å². The summed E-state index contributed by atoms with van der Waals surface area (Å²) in [6, 6.07) is 5.24. The molecule has 3 heterocycles. The predicted molar refractivity (Wildman–Crippen MR) is 71.9 cm³/mol. The maximum Gasteiger partial charge on any atom is 0.197 e. The van der Waals surface area contributed by atoms with Crippen LogP contribution in [0.3, 0.4) is 0 Å². The molecule has 1 fully saturated rings. The summed E-state index contributed by atoms with van der Waals surface area (Å²) in [5.41, 5.74) is 0.827. The van der Waals surface area contributed by atoms with E-state index in [0.29, 0.717) is 12.2 Å². The molecule has 3 rings (SSSR count). The first-order valence-electron chi connectivity index (χ1n) is 6.40. The van der Waals surface area contributed by atoms with Crippen molar-refractivity contribution in [2.75, 3.05) is 11.5 Å². The zero-order chi connectivity index (χ0) is 13.5. The van der Waals surface area contributed by atoms with Crippen LogP contribution in [-0.4, -0.2) is 34.4 Å². The van der Waals surface area contributed by atoms with E-state index in [0.717, 1.165) is 24.2 Å². The van der Waals surface area contributed by atoms with Crippen LogP contribution in [0.1, 0.15) is 18.7 Å². The van der Waals surface area contributed by atoms with E-state index in [1.165, 1.54) is 0 Å². The third-order valence-electron chi connectivity index (χ3n) is 3.63. The van der Waals surface area contributed by atoms with Crippen LogP contribution in [0.2, 0.25) is 0 Å². The first kappa shape index (κ1) is 12.5. The molecule has 0 aliphatic carbocycles. The van der Waals surface area contributed by atoms with Crippen LogP contribution in [-0.2, 0) is 16.3 Å². The highest BCUT2D eigenvalue weighted by Crippen LogP contribution is 2.24. The number of hydrogen-bond acceptors (Lipinski definition) is 4. The maximum atomic E-state index is 11.6. The molecule has 0 bridgehead atoms. The van der Waals surface area contributed by atoms with Crippen molar-refractivity contribution in [1.82, 2.24) is 9.38 Å². The molecule has 1 atom stereocenters. The molecule has 0 amide bonds. The fourth-order valence-corrected chi connectivity index (χ4v) is 4.55. The van der Waals surface area contributed by atoms with E-state index in [9.17, 15) is 13.5 Å². The van der Waals surface area contributed by atoms with Crippen molar-refractivity contribution in [3.8, 4) is 5.88 Å². The van der Waals surface area contributed by atoms with Gasteiger partial charge in [-0.1, -0.05) is 6.07 Å². The lowest BCUT2D eigenvalue weighted by atomic mass is 10.0. The number of aromatic nitrogens is 2. The molecule has 5 nitrogen and oxygen atoms in total. The fraction of sp³-hybridized carbons (Fsp3) is 0.462. The molecule has 6 heteroatoms. The highest BCUT2D eigenvalue weighted by atomic mass is 32.2. The third-order valence-corrected chi connectivity index (χ3v) is 5.52. The molecule has 1 aliphatic rings. The van der Waals surface area contributed by atoms with Crippen LogP contribution in [0, 0.1) is 5.92 Å². The second-order valence-corrected chi connectivity index (χ2v) is 7.37. The standard InChI is InChI=1S/C13H16N2O3S/c16-13-5-1-4-11-8-14-12(15(11)13)7-10-3-2-6-19(17,18)9-10/h1,4-5,8,10,16H,2-3,6-7,9H2. The number of aromatic hydroxyl groups is 1. The van der Waals surface area contributed by atoms with Crippen LogP contribution in [0.15, 0.2) is 24.4 Å². The number of sulfone groups is 1. The smallest absolute Gasteiger partial charge is 0.197 e. The molecule has 2 aromatic rings. The van der Waals surface area contributed by atoms with Gasteiger partial charge < -0.3 is 5.11 Å². The average molecular weight is 280 g/mol. The highest BCUT2D eigenvalue weighted by Gasteiger charge is 2.26. The van der Waals surface area contributed by atoms with Gasteiger partial charge in [0.25, 0.3) is 0 Å². The third kappa shape index (κ3) is 2.45. The molecule has 0 radical (unpaired) electrons. The zero-order valence-electron chi connectivity index (χ0n) is 10.5. The molecule has 2 aromatic heterocycles. The van der Waals surface area contributed by atoms with Crippen molar-refractivity contribution >= 4 is 15.4 Å². The van der Waals surface area contributed by atoms with Crippen molar-refractivity contribution in [2.24, 2.45) is 5.92 Å². The Bertz CT molecular complexity index is 706. The van der Waals surface area contributed by atoms with Gasteiger partial charge in [-0.2, -0.15) is 0 Å². The van der Waals surface area contributed by atoms with Gasteiger partial charge in [-0.25, -0.2) is 13.4 Å². The normalized spacial score (nSPS) is 22.6. The second-order valence-electron chi connectivity index (χ2n) is 5.15. The predicted octanol–water partition coefficient (Wildman–Crippen LogP) is 1.41. The Morgan fingerprint density at radius 3 is 3.05 bits per heavy atom. The van der Waals surface area contributed by atoms with E-state index in [2.05, 4.69) is 4.98 Å². The summed E-state index contributed by atoms with van der Waals surface area (Å²) >= 11 is 0. The Labute approximate surface area is 111 Å². The summed E-state index contributed by atoms with van der Waals surface area (Å²) < 4.78 is 25.0. The molecule has 1 aliphatic heterocycles. The van der Waals surface area contributed by atoms with Crippen LogP contribution >= 0.6 is 0 Å². The maximum absolute atomic E-state index is 11.6. The number of pyridine rings is 1. The quantitative estimate of drug-likeness (QED) is 0.902. The molecular weight excluding hydrogens is 264 g/mol. The Morgan fingerprint density at radius 1 is 1.42 bits per heavy atom. The Kier molecular flexibility index (Phi) is 2.97. The lowest BCUT2D eigenvalue weighted by Gasteiger charge is -2.21. The Hall–Kier alpha value is -1.56. The number of imidazole rings is 1. The second kappa shape index (κ2) is 4.52. The first-order valence-corrected chi connectivity index (χ1v) is 8.22. The van der Waals surface area contributed by atoms with Crippen molar-refractivity contribution in [1.29, 1.82) is 0 Å². The molecule has 19 heavy (non-hydrogen) atoms. The van der Waals surface area contributed by atoms with E-state index in [-0.39, 0.29) is 17.6 Å². The van der Waals surface area contributed by atoms with Gasteiger partial charge in [-0.15, -0.1) is 0 Å². The number of fused-ring (bicyclic) bond motifs is 1. The largest absolute Gasteiger partial charge is 0.494 e. The summed E-state index contributed by atoms with van der Waals surface area (Å²) in [6.07, 6.45) is 3.92. The van der Waals surface area contributed by atoms with Gasteiger partial charge in [-0.3, -0.25) is 4.40 Å². The molecule has 1 N–H and O–H groups in total. The van der Waals surface area contributed by atoms with E-state index in [1.807, 2.05) is 6.07 Å².